The van der Waals surface area contributed by atoms with E-state index in [1.807, 2.05) is 13.8 Å². The molecule has 1 atom stereocenters. The summed E-state index contributed by atoms with van der Waals surface area (Å²) in [6, 6.07) is 3.43. The molecule has 0 spiro atoms. The molecule has 0 aliphatic carbocycles. The Balaban J connectivity index is 2.81. The van der Waals surface area contributed by atoms with Crippen LogP contribution < -0.4 is 0 Å². The summed E-state index contributed by atoms with van der Waals surface area (Å²) in [6.07, 6.45) is 0. The summed E-state index contributed by atoms with van der Waals surface area (Å²) in [5.41, 5.74) is 0.928. The highest BCUT2D eigenvalue weighted by atomic mass is 35.5. The Bertz CT molecular complexity index is 529. The summed E-state index contributed by atoms with van der Waals surface area (Å²) in [6.45, 7) is 6.93. The van der Waals surface area contributed by atoms with Crippen LogP contribution in [0.25, 0.3) is 0 Å². The van der Waals surface area contributed by atoms with Gasteiger partial charge in [-0.25, -0.2) is 13.4 Å². The quantitative estimate of drug-likeness (QED) is 0.717. The lowest BCUT2D eigenvalue weighted by atomic mass is 10.2. The van der Waals surface area contributed by atoms with Crippen molar-refractivity contribution in [3.05, 3.63) is 28.0 Å². The predicted octanol–water partition coefficient (Wildman–Crippen LogP) is 3.03. The zero-order chi connectivity index (χ0) is 15.3. The topological polar surface area (TPSA) is 50.3 Å². The van der Waals surface area contributed by atoms with Gasteiger partial charge in [0, 0.05) is 18.3 Å². The molecule has 0 saturated heterocycles. The van der Waals surface area contributed by atoms with Gasteiger partial charge in [-0.1, -0.05) is 37.0 Å². The first-order chi connectivity index (χ1) is 9.27. The fourth-order valence-electron chi connectivity index (χ4n) is 2.01. The summed E-state index contributed by atoms with van der Waals surface area (Å²) < 4.78 is 23.4. The minimum atomic E-state index is -2.99. The molecule has 0 aromatic carbocycles. The lowest BCUT2D eigenvalue weighted by Crippen LogP contribution is -2.37. The highest BCUT2D eigenvalue weighted by Crippen LogP contribution is 2.17. The number of pyridine rings is 1. The van der Waals surface area contributed by atoms with E-state index in [9.17, 15) is 8.42 Å². The van der Waals surface area contributed by atoms with Gasteiger partial charge in [0.05, 0.1) is 5.75 Å². The van der Waals surface area contributed by atoms with Gasteiger partial charge < -0.3 is 0 Å². The van der Waals surface area contributed by atoms with Crippen molar-refractivity contribution in [2.75, 3.05) is 18.1 Å². The van der Waals surface area contributed by atoms with E-state index in [-0.39, 0.29) is 17.5 Å². The predicted molar refractivity (Wildman–Crippen MR) is 84.1 cm³/mol. The number of sulfone groups is 1. The SMILES string of the molecule is CCN(Cc1cc(Cl)nc(Cl)c1)[C@H](C)CS(=O)(=O)CC. The molecule has 0 radical (unpaired) electrons. The molecule has 0 saturated carbocycles. The maximum absolute atomic E-state index is 11.7. The summed E-state index contributed by atoms with van der Waals surface area (Å²) in [5, 5.41) is 0.690. The average Bonchev–Trinajstić information content (AvgIpc) is 2.34. The molecule has 0 amide bonds. The van der Waals surface area contributed by atoms with Gasteiger partial charge in [0.25, 0.3) is 0 Å². The van der Waals surface area contributed by atoms with Gasteiger partial charge >= 0.3 is 0 Å². The van der Waals surface area contributed by atoms with Crippen molar-refractivity contribution in [2.45, 2.75) is 33.4 Å². The van der Waals surface area contributed by atoms with Crippen LogP contribution in [0.1, 0.15) is 26.3 Å². The maximum Gasteiger partial charge on any atom is 0.151 e. The molecule has 0 fully saturated rings. The van der Waals surface area contributed by atoms with Crippen LogP contribution in [0.4, 0.5) is 0 Å². The number of hydrogen-bond acceptors (Lipinski definition) is 4. The van der Waals surface area contributed by atoms with Crippen molar-refractivity contribution in [3.8, 4) is 0 Å². The van der Waals surface area contributed by atoms with E-state index >= 15 is 0 Å². The third-order valence-corrected chi connectivity index (χ3v) is 5.43. The third-order valence-electron chi connectivity index (χ3n) is 3.17. The van der Waals surface area contributed by atoms with Crippen LogP contribution in [0.3, 0.4) is 0 Å². The van der Waals surface area contributed by atoms with Gasteiger partial charge in [0.15, 0.2) is 9.84 Å². The molecule has 0 bridgehead atoms. The lowest BCUT2D eigenvalue weighted by Gasteiger charge is -2.27. The van der Waals surface area contributed by atoms with E-state index in [1.54, 1.807) is 19.1 Å². The van der Waals surface area contributed by atoms with Gasteiger partial charge in [-0.05, 0) is 31.2 Å². The Morgan fingerprint density at radius 1 is 1.25 bits per heavy atom. The molecule has 7 heteroatoms. The maximum atomic E-state index is 11.7. The molecule has 1 aromatic rings. The van der Waals surface area contributed by atoms with Crippen LogP contribution in [0.5, 0.6) is 0 Å². The fourth-order valence-corrected chi connectivity index (χ4v) is 3.70. The van der Waals surface area contributed by atoms with Crippen LogP contribution in [-0.2, 0) is 16.4 Å². The van der Waals surface area contributed by atoms with Crippen molar-refractivity contribution in [1.82, 2.24) is 9.88 Å². The van der Waals surface area contributed by atoms with Crippen LogP contribution in [0, 0.1) is 0 Å². The molecule has 20 heavy (non-hydrogen) atoms. The van der Waals surface area contributed by atoms with Crippen LogP contribution >= 0.6 is 23.2 Å². The van der Waals surface area contributed by atoms with Crippen LogP contribution in [-0.4, -0.2) is 42.4 Å². The van der Waals surface area contributed by atoms with Crippen molar-refractivity contribution >= 4 is 33.0 Å². The summed E-state index contributed by atoms with van der Waals surface area (Å²) in [4.78, 5) is 5.98. The largest absolute Gasteiger partial charge is 0.296 e. The number of aromatic nitrogens is 1. The number of halogens is 2. The number of nitrogens with zero attached hydrogens (tertiary/aromatic N) is 2. The smallest absolute Gasteiger partial charge is 0.151 e. The zero-order valence-corrected chi connectivity index (χ0v) is 14.3. The van der Waals surface area contributed by atoms with Crippen LogP contribution in [0.15, 0.2) is 12.1 Å². The molecular formula is C13H20Cl2N2O2S. The number of hydrogen-bond donors (Lipinski definition) is 0. The van der Waals surface area contributed by atoms with E-state index in [0.717, 1.165) is 12.1 Å². The monoisotopic (exact) mass is 338 g/mol. The first-order valence-electron chi connectivity index (χ1n) is 6.53. The number of rotatable bonds is 7. The van der Waals surface area contributed by atoms with Crippen molar-refractivity contribution < 1.29 is 8.42 Å². The minimum Gasteiger partial charge on any atom is -0.296 e. The Labute approximate surface area is 131 Å². The summed E-state index contributed by atoms with van der Waals surface area (Å²) in [7, 11) is -2.99. The Morgan fingerprint density at radius 3 is 2.25 bits per heavy atom. The first kappa shape index (κ1) is 17.7. The molecule has 0 N–H and O–H groups in total. The Morgan fingerprint density at radius 2 is 1.80 bits per heavy atom. The molecule has 0 unspecified atom stereocenters. The highest BCUT2D eigenvalue weighted by molar-refractivity contribution is 7.91. The van der Waals surface area contributed by atoms with Gasteiger partial charge in [0.1, 0.15) is 10.3 Å². The molecule has 114 valence electrons. The second-order valence-corrected chi connectivity index (χ2v) is 7.90. The van der Waals surface area contributed by atoms with E-state index in [0.29, 0.717) is 16.9 Å². The standard InChI is InChI=1S/C13H20Cl2N2O2S/c1-4-17(10(3)9-20(18,19)5-2)8-11-6-12(14)16-13(15)7-11/h6-7,10H,4-5,8-9H2,1-3H3/t10-/m1/s1. The molecule has 1 heterocycles. The molecule has 0 aliphatic rings. The molecule has 1 rings (SSSR count). The van der Waals surface area contributed by atoms with E-state index < -0.39 is 9.84 Å². The normalized spacial score (nSPS) is 13.7. The average molecular weight is 339 g/mol. The summed E-state index contributed by atoms with van der Waals surface area (Å²) in [5.74, 6) is 0.325. The zero-order valence-electron chi connectivity index (χ0n) is 11.9. The second-order valence-electron chi connectivity index (χ2n) is 4.73. The van der Waals surface area contributed by atoms with E-state index in [4.69, 9.17) is 23.2 Å². The fraction of sp³-hybridized carbons (Fsp3) is 0.615. The van der Waals surface area contributed by atoms with Gasteiger partial charge in [-0.3, -0.25) is 4.90 Å². The van der Waals surface area contributed by atoms with Crippen molar-refractivity contribution in [1.29, 1.82) is 0 Å². The van der Waals surface area contributed by atoms with E-state index in [1.165, 1.54) is 0 Å². The lowest BCUT2D eigenvalue weighted by molar-refractivity contribution is 0.226. The molecular weight excluding hydrogens is 319 g/mol. The Hall–Kier alpha value is -0.360. The molecule has 1 aromatic heterocycles. The first-order valence-corrected chi connectivity index (χ1v) is 9.11. The van der Waals surface area contributed by atoms with Crippen molar-refractivity contribution in [3.63, 3.8) is 0 Å². The van der Waals surface area contributed by atoms with Gasteiger partial charge in [-0.15, -0.1) is 0 Å². The summed E-state index contributed by atoms with van der Waals surface area (Å²) >= 11 is 11.8. The minimum absolute atomic E-state index is 0.0596. The third kappa shape index (κ3) is 5.56. The highest BCUT2D eigenvalue weighted by Gasteiger charge is 2.19. The molecule has 0 aliphatic heterocycles. The van der Waals surface area contributed by atoms with Gasteiger partial charge in [0.2, 0.25) is 0 Å². The second kappa shape index (κ2) is 7.59. The van der Waals surface area contributed by atoms with Crippen LogP contribution in [0.2, 0.25) is 10.3 Å². The van der Waals surface area contributed by atoms with Gasteiger partial charge in [-0.2, -0.15) is 0 Å². The van der Waals surface area contributed by atoms with E-state index in [2.05, 4.69) is 9.88 Å². The van der Waals surface area contributed by atoms with Crippen molar-refractivity contribution in [2.24, 2.45) is 0 Å². The molecule has 4 nitrogen and oxygen atoms in total. The Kier molecular flexibility index (Phi) is 6.72.